The molecule has 1 amide bonds. The van der Waals surface area contributed by atoms with Crippen molar-refractivity contribution in [1.29, 1.82) is 0 Å². The second-order valence-electron chi connectivity index (χ2n) is 5.65. The molecule has 1 N–H and O–H groups in total. The normalized spacial score (nSPS) is 12.7. The average Bonchev–Trinajstić information content (AvgIpc) is 2.25. The third kappa shape index (κ3) is 5.38. The van der Waals surface area contributed by atoms with Gasteiger partial charge in [0.25, 0.3) is 0 Å². The van der Waals surface area contributed by atoms with Gasteiger partial charge in [0.1, 0.15) is 11.4 Å². The minimum absolute atomic E-state index is 0.0141. The summed E-state index contributed by atoms with van der Waals surface area (Å²) in [5.74, 6) is -0.909. The van der Waals surface area contributed by atoms with Crippen molar-refractivity contribution in [2.45, 2.75) is 45.8 Å². The summed E-state index contributed by atoms with van der Waals surface area (Å²) in [5.41, 5.74) is -0.565. The molecule has 1 rings (SSSR count). The Bertz CT molecular complexity index is 494. The largest absolute Gasteiger partial charge is 0.444 e. The van der Waals surface area contributed by atoms with Gasteiger partial charge in [-0.3, -0.25) is 4.79 Å². The maximum Gasteiger partial charge on any atom is 0.407 e. The summed E-state index contributed by atoms with van der Waals surface area (Å²) in [6.07, 6.45) is -0.577. The Morgan fingerprint density at radius 2 is 1.90 bits per heavy atom. The molecule has 5 heteroatoms. The van der Waals surface area contributed by atoms with Crippen molar-refractivity contribution in [3.63, 3.8) is 0 Å². The van der Waals surface area contributed by atoms with Crippen LogP contribution in [-0.4, -0.2) is 23.5 Å². The van der Waals surface area contributed by atoms with E-state index in [2.05, 4.69) is 5.32 Å². The molecule has 4 nitrogen and oxygen atoms in total. The first-order valence-electron chi connectivity index (χ1n) is 6.46. The zero-order valence-electron chi connectivity index (χ0n) is 12.2. The van der Waals surface area contributed by atoms with Crippen molar-refractivity contribution in [2.24, 2.45) is 0 Å². The van der Waals surface area contributed by atoms with Crippen LogP contribution in [0.2, 0.25) is 0 Å². The van der Waals surface area contributed by atoms with E-state index in [1.54, 1.807) is 33.8 Å². The number of hydrogen-bond donors (Lipinski definition) is 1. The smallest absolute Gasteiger partial charge is 0.407 e. The van der Waals surface area contributed by atoms with Gasteiger partial charge in [0.15, 0.2) is 5.78 Å². The van der Waals surface area contributed by atoms with Gasteiger partial charge in [-0.05, 0) is 39.8 Å². The Kier molecular flexibility index (Phi) is 5.25. The molecule has 110 valence electrons. The van der Waals surface area contributed by atoms with Gasteiger partial charge in [-0.2, -0.15) is 0 Å². The number of carbonyl (C=O) groups is 2. The Balaban J connectivity index is 2.55. The van der Waals surface area contributed by atoms with Gasteiger partial charge in [-0.25, -0.2) is 9.18 Å². The minimum atomic E-state index is -0.598. The SMILES string of the molecule is CC(CC(=O)c1ccccc1F)NC(=O)OC(C)(C)C. The predicted molar refractivity (Wildman–Crippen MR) is 74.2 cm³/mol. The van der Waals surface area contributed by atoms with Crippen LogP contribution in [-0.2, 0) is 4.74 Å². The Morgan fingerprint density at radius 1 is 1.30 bits per heavy atom. The van der Waals surface area contributed by atoms with Gasteiger partial charge < -0.3 is 10.1 Å². The number of amides is 1. The summed E-state index contributed by atoms with van der Waals surface area (Å²) < 4.78 is 18.5. The van der Waals surface area contributed by atoms with Crippen LogP contribution in [0.4, 0.5) is 9.18 Å². The first-order valence-corrected chi connectivity index (χ1v) is 6.46. The number of ether oxygens (including phenoxy) is 1. The van der Waals surface area contributed by atoms with Crippen molar-refractivity contribution < 1.29 is 18.7 Å². The molecule has 0 aliphatic carbocycles. The summed E-state index contributed by atoms with van der Waals surface area (Å²) in [4.78, 5) is 23.4. The molecule has 1 aromatic carbocycles. The molecule has 0 aromatic heterocycles. The lowest BCUT2D eigenvalue weighted by molar-refractivity contribution is 0.0506. The molecule has 20 heavy (non-hydrogen) atoms. The zero-order chi connectivity index (χ0) is 15.3. The molecule has 1 atom stereocenters. The topological polar surface area (TPSA) is 55.4 Å². The summed E-state index contributed by atoms with van der Waals surface area (Å²) in [5, 5.41) is 2.55. The van der Waals surface area contributed by atoms with Crippen LogP contribution in [0, 0.1) is 5.82 Å². The van der Waals surface area contributed by atoms with Crippen molar-refractivity contribution in [3.8, 4) is 0 Å². The third-order valence-electron chi connectivity index (χ3n) is 2.43. The number of nitrogens with one attached hydrogen (secondary N) is 1. The van der Waals surface area contributed by atoms with Gasteiger partial charge in [-0.1, -0.05) is 12.1 Å². The van der Waals surface area contributed by atoms with Crippen molar-refractivity contribution in [3.05, 3.63) is 35.6 Å². The van der Waals surface area contributed by atoms with Crippen LogP contribution >= 0.6 is 0 Å². The molecule has 0 aliphatic rings. The monoisotopic (exact) mass is 281 g/mol. The van der Waals surface area contributed by atoms with Crippen LogP contribution in [0.3, 0.4) is 0 Å². The van der Waals surface area contributed by atoms with Gasteiger partial charge in [0.05, 0.1) is 5.56 Å². The van der Waals surface area contributed by atoms with Gasteiger partial charge in [-0.15, -0.1) is 0 Å². The molecule has 0 saturated heterocycles. The van der Waals surface area contributed by atoms with E-state index in [0.717, 1.165) is 0 Å². The van der Waals surface area contributed by atoms with Gasteiger partial charge in [0, 0.05) is 12.5 Å². The standard InChI is InChI=1S/C15H20FNO3/c1-10(17-14(19)20-15(2,3)4)9-13(18)11-7-5-6-8-12(11)16/h5-8,10H,9H2,1-4H3,(H,17,19). The highest BCUT2D eigenvalue weighted by Gasteiger charge is 2.20. The van der Waals surface area contributed by atoms with E-state index in [9.17, 15) is 14.0 Å². The van der Waals surface area contributed by atoms with Gasteiger partial charge in [0.2, 0.25) is 0 Å². The molecule has 0 aliphatic heterocycles. The fraction of sp³-hybridized carbons (Fsp3) is 0.467. The number of rotatable bonds is 4. The van der Waals surface area contributed by atoms with E-state index in [0.29, 0.717) is 0 Å². The second kappa shape index (κ2) is 6.50. The van der Waals surface area contributed by atoms with E-state index >= 15 is 0 Å². The number of carbonyl (C=O) groups excluding carboxylic acids is 2. The molecule has 0 heterocycles. The number of halogens is 1. The zero-order valence-corrected chi connectivity index (χ0v) is 12.2. The van der Waals surface area contributed by atoms with Crippen LogP contribution in [0.25, 0.3) is 0 Å². The predicted octanol–water partition coefficient (Wildman–Crippen LogP) is 3.31. The minimum Gasteiger partial charge on any atom is -0.444 e. The van der Waals surface area contributed by atoms with E-state index in [4.69, 9.17) is 4.74 Å². The number of benzene rings is 1. The van der Waals surface area contributed by atoms with E-state index in [1.165, 1.54) is 18.2 Å². The summed E-state index contributed by atoms with van der Waals surface area (Å²) >= 11 is 0. The van der Waals surface area contributed by atoms with Crippen LogP contribution in [0.1, 0.15) is 44.5 Å². The number of ketones is 1. The molecule has 0 fully saturated rings. The Hall–Kier alpha value is -1.91. The maximum absolute atomic E-state index is 13.4. The lowest BCUT2D eigenvalue weighted by Gasteiger charge is -2.21. The van der Waals surface area contributed by atoms with E-state index in [-0.39, 0.29) is 17.8 Å². The number of Topliss-reactive ketones (excluding diaryl/α,β-unsaturated/α-hetero) is 1. The third-order valence-corrected chi connectivity index (χ3v) is 2.43. The fourth-order valence-corrected chi connectivity index (χ4v) is 1.64. The lowest BCUT2D eigenvalue weighted by atomic mass is 10.0. The maximum atomic E-state index is 13.4. The molecule has 0 spiro atoms. The molecule has 0 saturated carbocycles. The summed E-state index contributed by atoms with van der Waals surface area (Å²) in [6, 6.07) is 5.35. The van der Waals surface area contributed by atoms with E-state index in [1.807, 2.05) is 0 Å². The highest BCUT2D eigenvalue weighted by Crippen LogP contribution is 2.11. The molecule has 0 bridgehead atoms. The highest BCUT2D eigenvalue weighted by atomic mass is 19.1. The molecule has 0 radical (unpaired) electrons. The number of hydrogen-bond acceptors (Lipinski definition) is 3. The Morgan fingerprint density at radius 3 is 2.45 bits per heavy atom. The molecule has 1 unspecified atom stereocenters. The number of alkyl carbamates (subject to hydrolysis) is 1. The molecular formula is C15H20FNO3. The summed E-state index contributed by atoms with van der Waals surface area (Å²) in [7, 11) is 0. The van der Waals surface area contributed by atoms with Crippen molar-refractivity contribution >= 4 is 11.9 Å². The second-order valence-corrected chi connectivity index (χ2v) is 5.65. The van der Waals surface area contributed by atoms with Crippen LogP contribution in [0.15, 0.2) is 24.3 Å². The first kappa shape index (κ1) is 16.1. The highest BCUT2D eigenvalue weighted by molar-refractivity contribution is 5.96. The van der Waals surface area contributed by atoms with Crippen LogP contribution < -0.4 is 5.32 Å². The molecular weight excluding hydrogens is 261 g/mol. The quantitative estimate of drug-likeness (QED) is 0.861. The van der Waals surface area contributed by atoms with Crippen molar-refractivity contribution in [1.82, 2.24) is 5.32 Å². The molecule has 1 aromatic rings. The van der Waals surface area contributed by atoms with Crippen molar-refractivity contribution in [2.75, 3.05) is 0 Å². The first-order chi connectivity index (χ1) is 9.19. The Labute approximate surface area is 118 Å². The fourth-order valence-electron chi connectivity index (χ4n) is 1.64. The average molecular weight is 281 g/mol. The van der Waals surface area contributed by atoms with E-state index < -0.39 is 23.6 Å². The lowest BCUT2D eigenvalue weighted by Crippen LogP contribution is -2.38. The van der Waals surface area contributed by atoms with Crippen LogP contribution in [0.5, 0.6) is 0 Å². The summed E-state index contributed by atoms with van der Waals surface area (Å²) in [6.45, 7) is 6.92. The van der Waals surface area contributed by atoms with Gasteiger partial charge >= 0.3 is 6.09 Å².